The van der Waals surface area contributed by atoms with Crippen LogP contribution in [0.3, 0.4) is 0 Å². The first-order valence-corrected chi connectivity index (χ1v) is 8.87. The normalized spacial score (nSPS) is 15.4. The van der Waals surface area contributed by atoms with E-state index in [0.717, 1.165) is 18.5 Å². The Morgan fingerprint density at radius 3 is 2.16 bits per heavy atom. The first kappa shape index (κ1) is 15.6. The maximum absolute atomic E-state index is 4.95. The lowest BCUT2D eigenvalue weighted by molar-refractivity contribution is 0.810. The van der Waals surface area contributed by atoms with E-state index in [4.69, 9.17) is 4.98 Å². The maximum atomic E-state index is 4.95. The summed E-state index contributed by atoms with van der Waals surface area (Å²) in [5.74, 6) is 0. The van der Waals surface area contributed by atoms with Gasteiger partial charge in [0.25, 0.3) is 0 Å². The molecular weight excluding hydrogens is 302 g/mol. The summed E-state index contributed by atoms with van der Waals surface area (Å²) in [6.45, 7) is 0. The molecule has 0 fully saturated rings. The molecule has 0 spiro atoms. The van der Waals surface area contributed by atoms with Gasteiger partial charge < -0.3 is 0 Å². The van der Waals surface area contributed by atoms with Crippen molar-refractivity contribution in [3.05, 3.63) is 101 Å². The lowest BCUT2D eigenvalue weighted by Crippen LogP contribution is -2.05. The summed E-state index contributed by atoms with van der Waals surface area (Å²) in [4.78, 5) is 4.95. The Labute approximate surface area is 149 Å². The SMILES string of the molecule is C(=Cc1ccc2c(n1)C(=Cc1ccccc1)CCC2)c1ccccc1. The molecule has 1 heterocycles. The summed E-state index contributed by atoms with van der Waals surface area (Å²) < 4.78 is 0. The molecule has 0 amide bonds. The Kier molecular flexibility index (Phi) is 4.56. The number of benzene rings is 2. The van der Waals surface area contributed by atoms with Crippen molar-refractivity contribution in [3.63, 3.8) is 0 Å². The molecule has 1 heteroatoms. The summed E-state index contributed by atoms with van der Waals surface area (Å²) >= 11 is 0. The third kappa shape index (κ3) is 3.77. The van der Waals surface area contributed by atoms with Crippen LogP contribution in [0.4, 0.5) is 0 Å². The number of rotatable bonds is 3. The van der Waals surface area contributed by atoms with Crippen molar-refractivity contribution in [2.45, 2.75) is 19.3 Å². The van der Waals surface area contributed by atoms with E-state index < -0.39 is 0 Å². The van der Waals surface area contributed by atoms with Crippen LogP contribution >= 0.6 is 0 Å². The Bertz CT molecular complexity index is 905. The fourth-order valence-corrected chi connectivity index (χ4v) is 3.30. The van der Waals surface area contributed by atoms with E-state index >= 15 is 0 Å². The minimum Gasteiger partial charge on any atom is -0.248 e. The summed E-state index contributed by atoms with van der Waals surface area (Å²) in [6, 6.07) is 25.3. The van der Waals surface area contributed by atoms with Gasteiger partial charge in [0.2, 0.25) is 0 Å². The minimum atomic E-state index is 1.02. The molecule has 1 aromatic heterocycles. The van der Waals surface area contributed by atoms with Crippen LogP contribution in [0, 0.1) is 0 Å². The zero-order chi connectivity index (χ0) is 16.9. The molecule has 4 rings (SSSR count). The van der Waals surface area contributed by atoms with Crippen LogP contribution in [0.25, 0.3) is 23.8 Å². The number of aryl methyl sites for hydroxylation is 1. The van der Waals surface area contributed by atoms with Gasteiger partial charge in [-0.05, 0) is 59.7 Å². The monoisotopic (exact) mass is 323 g/mol. The average Bonchev–Trinajstić information content (AvgIpc) is 2.68. The highest BCUT2D eigenvalue weighted by Gasteiger charge is 2.15. The van der Waals surface area contributed by atoms with E-state index in [9.17, 15) is 0 Å². The fraction of sp³-hybridized carbons (Fsp3) is 0.125. The Balaban J connectivity index is 1.67. The van der Waals surface area contributed by atoms with Crippen molar-refractivity contribution in [3.8, 4) is 0 Å². The van der Waals surface area contributed by atoms with Crippen LogP contribution in [0.15, 0.2) is 72.8 Å². The smallest absolute Gasteiger partial charge is 0.0701 e. The lowest BCUT2D eigenvalue weighted by Gasteiger charge is -2.18. The van der Waals surface area contributed by atoms with Crippen LogP contribution in [-0.2, 0) is 6.42 Å². The van der Waals surface area contributed by atoms with Gasteiger partial charge in [-0.2, -0.15) is 0 Å². The molecular formula is C24H21N. The van der Waals surface area contributed by atoms with E-state index in [2.05, 4.69) is 85.0 Å². The second-order valence-corrected chi connectivity index (χ2v) is 6.42. The first-order chi connectivity index (χ1) is 12.4. The zero-order valence-electron chi connectivity index (χ0n) is 14.2. The maximum Gasteiger partial charge on any atom is 0.0701 e. The molecule has 0 atom stereocenters. The minimum absolute atomic E-state index is 1.02. The molecule has 0 radical (unpaired) electrons. The average molecular weight is 323 g/mol. The van der Waals surface area contributed by atoms with Gasteiger partial charge in [-0.3, -0.25) is 0 Å². The van der Waals surface area contributed by atoms with Crippen molar-refractivity contribution in [1.29, 1.82) is 0 Å². The predicted octanol–water partition coefficient (Wildman–Crippen LogP) is 6.13. The number of fused-ring (bicyclic) bond motifs is 1. The molecule has 122 valence electrons. The molecule has 25 heavy (non-hydrogen) atoms. The van der Waals surface area contributed by atoms with E-state index in [0.29, 0.717) is 0 Å². The van der Waals surface area contributed by atoms with Crippen molar-refractivity contribution in [2.75, 3.05) is 0 Å². The number of pyridine rings is 1. The molecule has 2 aromatic carbocycles. The second-order valence-electron chi connectivity index (χ2n) is 6.42. The van der Waals surface area contributed by atoms with Gasteiger partial charge in [0, 0.05) is 0 Å². The van der Waals surface area contributed by atoms with Crippen LogP contribution in [-0.4, -0.2) is 4.98 Å². The first-order valence-electron chi connectivity index (χ1n) is 8.87. The topological polar surface area (TPSA) is 12.9 Å². The third-order valence-electron chi connectivity index (χ3n) is 4.58. The summed E-state index contributed by atoms with van der Waals surface area (Å²) in [7, 11) is 0. The molecule has 1 aliphatic carbocycles. The van der Waals surface area contributed by atoms with E-state index in [1.807, 2.05) is 6.07 Å². The highest BCUT2D eigenvalue weighted by Crippen LogP contribution is 2.31. The number of aromatic nitrogens is 1. The van der Waals surface area contributed by atoms with Gasteiger partial charge in [-0.15, -0.1) is 0 Å². The molecule has 3 aromatic rings. The van der Waals surface area contributed by atoms with Crippen LogP contribution in [0.5, 0.6) is 0 Å². The number of allylic oxidation sites excluding steroid dienone is 1. The Hall–Kier alpha value is -2.93. The van der Waals surface area contributed by atoms with Gasteiger partial charge in [0.15, 0.2) is 0 Å². The van der Waals surface area contributed by atoms with Gasteiger partial charge in [0.1, 0.15) is 0 Å². The molecule has 0 bridgehead atoms. The Morgan fingerprint density at radius 1 is 0.680 bits per heavy atom. The summed E-state index contributed by atoms with van der Waals surface area (Å²) in [6.07, 6.45) is 9.93. The fourth-order valence-electron chi connectivity index (χ4n) is 3.30. The predicted molar refractivity (Wildman–Crippen MR) is 107 cm³/mol. The molecule has 0 unspecified atom stereocenters. The van der Waals surface area contributed by atoms with Crippen LogP contribution in [0.2, 0.25) is 0 Å². The standard InChI is InChI=1S/C24H21N/c1-3-8-19(9-4-1)14-16-23-17-15-21-12-7-13-22(24(21)25-23)18-20-10-5-2-6-11-20/h1-6,8-11,14-18H,7,12-13H2. The zero-order valence-corrected chi connectivity index (χ0v) is 14.2. The van der Waals surface area contributed by atoms with Gasteiger partial charge in [0.05, 0.1) is 11.4 Å². The molecule has 0 aliphatic heterocycles. The molecule has 1 nitrogen and oxygen atoms in total. The summed E-state index contributed by atoms with van der Waals surface area (Å²) in [5.41, 5.74) is 7.35. The van der Waals surface area contributed by atoms with Crippen LogP contribution < -0.4 is 0 Å². The highest BCUT2D eigenvalue weighted by molar-refractivity contribution is 5.82. The largest absolute Gasteiger partial charge is 0.248 e. The van der Waals surface area contributed by atoms with Crippen LogP contribution in [0.1, 0.15) is 40.9 Å². The molecule has 1 aliphatic rings. The van der Waals surface area contributed by atoms with Crippen molar-refractivity contribution >= 4 is 23.8 Å². The van der Waals surface area contributed by atoms with Gasteiger partial charge >= 0.3 is 0 Å². The lowest BCUT2D eigenvalue weighted by atomic mass is 9.90. The van der Waals surface area contributed by atoms with E-state index in [1.165, 1.54) is 34.4 Å². The van der Waals surface area contributed by atoms with Gasteiger partial charge in [-0.25, -0.2) is 4.98 Å². The summed E-state index contributed by atoms with van der Waals surface area (Å²) in [5, 5.41) is 0. The van der Waals surface area contributed by atoms with E-state index in [-0.39, 0.29) is 0 Å². The quantitative estimate of drug-likeness (QED) is 0.565. The molecule has 0 saturated heterocycles. The number of nitrogens with zero attached hydrogens (tertiary/aromatic N) is 1. The number of hydrogen-bond acceptors (Lipinski definition) is 1. The van der Waals surface area contributed by atoms with Gasteiger partial charge in [-0.1, -0.05) is 72.8 Å². The third-order valence-corrected chi connectivity index (χ3v) is 4.58. The Morgan fingerprint density at radius 2 is 1.40 bits per heavy atom. The van der Waals surface area contributed by atoms with Crippen molar-refractivity contribution < 1.29 is 0 Å². The van der Waals surface area contributed by atoms with E-state index in [1.54, 1.807) is 0 Å². The van der Waals surface area contributed by atoms with Crippen molar-refractivity contribution in [1.82, 2.24) is 4.98 Å². The second kappa shape index (κ2) is 7.31. The highest BCUT2D eigenvalue weighted by atomic mass is 14.7. The van der Waals surface area contributed by atoms with Crippen molar-refractivity contribution in [2.24, 2.45) is 0 Å². The molecule has 0 saturated carbocycles. The number of hydrogen-bond donors (Lipinski definition) is 0. The molecule has 0 N–H and O–H groups in total.